The van der Waals surface area contributed by atoms with Crippen LogP contribution in [0.3, 0.4) is 0 Å². The van der Waals surface area contributed by atoms with E-state index in [1.807, 2.05) is 0 Å². The first-order valence-corrected chi connectivity index (χ1v) is 11.2. The molecule has 2 unspecified atom stereocenters. The van der Waals surface area contributed by atoms with Crippen molar-refractivity contribution in [3.05, 3.63) is 58.4 Å². The number of sulfone groups is 1. The summed E-state index contributed by atoms with van der Waals surface area (Å²) < 4.78 is 66.3. The zero-order valence-corrected chi connectivity index (χ0v) is 17.0. The lowest BCUT2D eigenvalue weighted by Gasteiger charge is -2.19. The number of halogens is 4. The van der Waals surface area contributed by atoms with Crippen molar-refractivity contribution in [2.45, 2.75) is 35.5 Å². The number of carbonyl (C=O) groups excluding carboxylic acids is 1. The second-order valence-corrected chi connectivity index (χ2v) is 10.1. The lowest BCUT2D eigenvalue weighted by atomic mass is 9.98. The zero-order valence-electron chi connectivity index (χ0n) is 15.4. The van der Waals surface area contributed by atoms with E-state index in [2.05, 4.69) is 5.32 Å². The first-order valence-electron chi connectivity index (χ1n) is 9.27. The molecule has 0 radical (unpaired) electrons. The smallest absolute Gasteiger partial charge is 0.255 e. The third-order valence-corrected chi connectivity index (χ3v) is 8.74. The van der Waals surface area contributed by atoms with Crippen LogP contribution in [0.15, 0.2) is 35.2 Å². The van der Waals surface area contributed by atoms with Crippen LogP contribution in [0.1, 0.15) is 29.6 Å². The predicted octanol–water partition coefficient (Wildman–Crippen LogP) is 3.94. The number of anilines is 1. The molecule has 4 atom stereocenters. The van der Waals surface area contributed by atoms with Crippen molar-refractivity contribution < 1.29 is 31.5 Å². The molecule has 2 saturated carbocycles. The van der Waals surface area contributed by atoms with E-state index >= 15 is 0 Å². The van der Waals surface area contributed by atoms with Crippen LogP contribution in [-0.4, -0.2) is 30.8 Å². The highest BCUT2D eigenvalue weighted by atomic mass is 35.5. The lowest BCUT2D eigenvalue weighted by Crippen LogP contribution is -2.29. The maximum Gasteiger partial charge on any atom is 0.255 e. The van der Waals surface area contributed by atoms with Gasteiger partial charge >= 0.3 is 0 Å². The maximum atomic E-state index is 13.4. The van der Waals surface area contributed by atoms with Crippen LogP contribution in [0.2, 0.25) is 5.02 Å². The van der Waals surface area contributed by atoms with Crippen LogP contribution >= 0.6 is 11.6 Å². The van der Waals surface area contributed by atoms with E-state index in [4.69, 9.17) is 11.6 Å². The second kappa shape index (κ2) is 7.55. The van der Waals surface area contributed by atoms with Gasteiger partial charge in [-0.3, -0.25) is 4.79 Å². The molecule has 160 valence electrons. The Hall–Kier alpha value is -2.10. The van der Waals surface area contributed by atoms with Gasteiger partial charge in [-0.15, -0.1) is 0 Å². The van der Waals surface area contributed by atoms with Gasteiger partial charge in [0.1, 0.15) is 0 Å². The van der Waals surface area contributed by atoms with Crippen LogP contribution < -0.4 is 5.32 Å². The molecule has 0 aliphatic heterocycles. The summed E-state index contributed by atoms with van der Waals surface area (Å²) in [6, 6.07) is 4.85. The molecule has 2 N–H and O–H groups in total. The largest absolute Gasteiger partial charge is 0.393 e. The van der Waals surface area contributed by atoms with Gasteiger partial charge in [0.25, 0.3) is 5.91 Å². The lowest BCUT2D eigenvalue weighted by molar-refractivity contribution is 0.102. The molecule has 2 fully saturated rings. The molecule has 2 aliphatic carbocycles. The van der Waals surface area contributed by atoms with E-state index in [1.165, 1.54) is 12.1 Å². The Morgan fingerprint density at radius 3 is 2.33 bits per heavy atom. The van der Waals surface area contributed by atoms with Gasteiger partial charge in [-0.2, -0.15) is 0 Å². The number of fused-ring (bicyclic) bond motifs is 2. The topological polar surface area (TPSA) is 83.5 Å². The number of nitrogens with one attached hydrogen (secondary N) is 1. The molecule has 2 aromatic rings. The number of aliphatic hydroxyl groups is 1. The van der Waals surface area contributed by atoms with Crippen molar-refractivity contribution in [1.82, 2.24) is 0 Å². The van der Waals surface area contributed by atoms with Crippen molar-refractivity contribution in [2.75, 3.05) is 5.32 Å². The highest BCUT2D eigenvalue weighted by Crippen LogP contribution is 2.50. The van der Waals surface area contributed by atoms with Crippen LogP contribution in [-0.2, 0) is 9.84 Å². The Bertz CT molecular complexity index is 1120. The molecule has 0 spiro atoms. The molecule has 30 heavy (non-hydrogen) atoms. The molecular formula is C20H17ClF3NO4S. The van der Waals surface area contributed by atoms with E-state index in [0.29, 0.717) is 31.4 Å². The average Bonchev–Trinajstić information content (AvgIpc) is 3.24. The summed E-state index contributed by atoms with van der Waals surface area (Å²) in [6.45, 7) is 0. The van der Waals surface area contributed by atoms with Crippen LogP contribution in [0.5, 0.6) is 0 Å². The number of hydrogen-bond acceptors (Lipinski definition) is 4. The van der Waals surface area contributed by atoms with Gasteiger partial charge in [0.15, 0.2) is 27.3 Å². The first-order chi connectivity index (χ1) is 14.1. The molecule has 0 aromatic heterocycles. The molecule has 2 aromatic carbocycles. The summed E-state index contributed by atoms with van der Waals surface area (Å²) in [7, 11) is -3.93. The van der Waals surface area contributed by atoms with Gasteiger partial charge in [0, 0.05) is 29.3 Å². The standard InChI is InChI=1S/C20H17ClF3NO4S/c21-13-4-2-10(20(27)25-11-7-14(22)18(24)15(23)8-11)6-17(13)30(28,29)19-9-1-3-12(19)16(26)5-9/h2,4,6-9,12,16,19,26H,1,3,5H2,(H,25,27)/t9?,12?,16-,19-/m1/s1. The van der Waals surface area contributed by atoms with Crippen molar-refractivity contribution in [1.29, 1.82) is 0 Å². The predicted molar refractivity (Wildman–Crippen MR) is 104 cm³/mol. The van der Waals surface area contributed by atoms with E-state index in [-0.39, 0.29) is 33.0 Å². The number of hydrogen-bond donors (Lipinski definition) is 2. The third kappa shape index (κ3) is 3.48. The van der Waals surface area contributed by atoms with Crippen molar-refractivity contribution in [2.24, 2.45) is 11.8 Å². The summed E-state index contributed by atoms with van der Waals surface area (Å²) in [5.74, 6) is -6.00. The Balaban J connectivity index is 1.64. The second-order valence-electron chi connectivity index (χ2n) is 7.67. The molecule has 5 nitrogen and oxygen atoms in total. The zero-order chi connectivity index (χ0) is 21.8. The van der Waals surface area contributed by atoms with E-state index in [1.54, 1.807) is 0 Å². The van der Waals surface area contributed by atoms with Gasteiger partial charge < -0.3 is 10.4 Å². The number of aliphatic hydroxyl groups excluding tert-OH is 1. The number of benzene rings is 2. The monoisotopic (exact) mass is 459 g/mol. The fourth-order valence-corrected chi connectivity index (χ4v) is 7.45. The van der Waals surface area contributed by atoms with Crippen LogP contribution in [0.4, 0.5) is 18.9 Å². The highest BCUT2D eigenvalue weighted by molar-refractivity contribution is 7.92. The fourth-order valence-electron chi connectivity index (χ4n) is 4.56. The Morgan fingerprint density at radius 1 is 1.10 bits per heavy atom. The highest BCUT2D eigenvalue weighted by Gasteiger charge is 2.54. The fraction of sp³-hybridized carbons (Fsp3) is 0.350. The van der Waals surface area contributed by atoms with Crippen molar-refractivity contribution >= 4 is 33.0 Å². The van der Waals surface area contributed by atoms with Crippen molar-refractivity contribution in [3.8, 4) is 0 Å². The first kappa shape index (κ1) is 21.1. The average molecular weight is 460 g/mol. The Labute approximate surface area is 175 Å². The number of amides is 1. The van der Waals surface area contributed by atoms with Gasteiger partial charge in [-0.25, -0.2) is 21.6 Å². The van der Waals surface area contributed by atoms with E-state index in [0.717, 1.165) is 6.07 Å². The SMILES string of the molecule is O=C(Nc1cc(F)c(F)c(F)c1)c1ccc(Cl)c(S(=O)(=O)[C@@H]2C3CCC2[C@H](O)C3)c1. The third-order valence-electron chi connectivity index (χ3n) is 5.90. The van der Waals surface area contributed by atoms with Crippen LogP contribution in [0, 0.1) is 29.3 Å². The molecular weight excluding hydrogens is 443 g/mol. The molecule has 10 heteroatoms. The molecule has 2 aliphatic rings. The molecule has 4 rings (SSSR count). The minimum Gasteiger partial charge on any atom is -0.393 e. The van der Waals surface area contributed by atoms with Crippen molar-refractivity contribution in [3.63, 3.8) is 0 Å². The van der Waals surface area contributed by atoms with Gasteiger partial charge in [-0.1, -0.05) is 11.6 Å². The Morgan fingerprint density at radius 2 is 1.77 bits per heavy atom. The molecule has 2 bridgehead atoms. The molecule has 0 heterocycles. The van der Waals surface area contributed by atoms with E-state index in [9.17, 15) is 31.5 Å². The van der Waals surface area contributed by atoms with Gasteiger partial charge in [0.2, 0.25) is 0 Å². The summed E-state index contributed by atoms with van der Waals surface area (Å²) in [4.78, 5) is 12.3. The quantitative estimate of drug-likeness (QED) is 0.678. The van der Waals surface area contributed by atoms with Gasteiger partial charge in [0.05, 0.1) is 21.3 Å². The summed E-state index contributed by atoms with van der Waals surface area (Å²) in [6.07, 6.45) is 1.03. The summed E-state index contributed by atoms with van der Waals surface area (Å²) >= 11 is 6.12. The number of carbonyl (C=O) groups is 1. The minimum absolute atomic E-state index is 0.0637. The normalized spacial score (nSPS) is 25.5. The molecule has 0 saturated heterocycles. The van der Waals surface area contributed by atoms with E-state index < -0.39 is 44.5 Å². The molecule has 1 amide bonds. The Kier molecular flexibility index (Phi) is 5.32. The number of rotatable bonds is 4. The maximum absolute atomic E-state index is 13.4. The minimum atomic E-state index is -3.93. The summed E-state index contributed by atoms with van der Waals surface area (Å²) in [5, 5.41) is 11.5. The summed E-state index contributed by atoms with van der Waals surface area (Å²) in [5.41, 5.74) is -0.429. The van der Waals surface area contributed by atoms with Gasteiger partial charge in [-0.05, 0) is 43.4 Å². The van der Waals surface area contributed by atoms with Crippen LogP contribution in [0.25, 0.3) is 0 Å².